The van der Waals surface area contributed by atoms with Crippen molar-refractivity contribution in [3.05, 3.63) is 35.6 Å². The lowest BCUT2D eigenvalue weighted by Crippen LogP contribution is -2.40. The van der Waals surface area contributed by atoms with Gasteiger partial charge in [-0.2, -0.15) is 0 Å². The second-order valence-corrected chi connectivity index (χ2v) is 7.15. The van der Waals surface area contributed by atoms with Gasteiger partial charge in [-0.1, -0.05) is 19.0 Å². The Morgan fingerprint density at radius 1 is 0.931 bits per heavy atom. The normalized spacial score (nSPS) is 20.1. The van der Waals surface area contributed by atoms with E-state index in [9.17, 15) is 5.11 Å². The summed E-state index contributed by atoms with van der Waals surface area (Å²) < 4.78 is 21.5. The number of aliphatic hydroxyl groups is 1. The number of aromatic nitrogens is 1. The van der Waals surface area contributed by atoms with Gasteiger partial charge in [-0.15, -0.1) is 0 Å². The molecule has 0 saturated heterocycles. The van der Waals surface area contributed by atoms with Crippen LogP contribution in [0.15, 0.2) is 38.8 Å². The molecule has 1 aliphatic rings. The largest absolute Gasteiger partial charge is 0.497 e. The highest BCUT2D eigenvalue weighted by atomic mass is 16.5. The average molecular weight is 401 g/mol. The molecule has 0 saturated carbocycles. The third-order valence-electron chi connectivity index (χ3n) is 4.96. The zero-order chi connectivity index (χ0) is 21.1. The maximum absolute atomic E-state index is 11.2. The lowest BCUT2D eigenvalue weighted by atomic mass is 9.95. The summed E-state index contributed by atoms with van der Waals surface area (Å²) in [4.78, 5) is 9.24. The first-order valence-corrected chi connectivity index (χ1v) is 9.43. The van der Waals surface area contributed by atoms with Gasteiger partial charge in [0, 0.05) is 5.56 Å². The zero-order valence-corrected chi connectivity index (χ0v) is 17.5. The van der Waals surface area contributed by atoms with Gasteiger partial charge in [-0.3, -0.25) is 0 Å². The van der Waals surface area contributed by atoms with E-state index in [1.807, 2.05) is 38.1 Å². The Kier molecular flexibility index (Phi) is 6.22. The molecule has 2 aromatic rings. The second-order valence-electron chi connectivity index (χ2n) is 7.15. The third kappa shape index (κ3) is 3.98. The van der Waals surface area contributed by atoms with Crippen LogP contribution >= 0.6 is 0 Å². The quantitative estimate of drug-likeness (QED) is 0.826. The Morgan fingerprint density at radius 2 is 1.52 bits per heavy atom. The standard InChI is InChI=1S/C21H27N3O5/c1-11(2)16-20(27-5)23-18(21(22-16)28-6)19(25)15-12(3)29-24-17(15)13-7-9-14(26-4)10-8-13/h7-11,16,18-19,25H,1-6H3/t16-,18+,19+/m0/s1. The summed E-state index contributed by atoms with van der Waals surface area (Å²) in [5, 5.41) is 15.4. The van der Waals surface area contributed by atoms with Crippen LogP contribution in [0.2, 0.25) is 0 Å². The molecule has 0 unspecified atom stereocenters. The summed E-state index contributed by atoms with van der Waals surface area (Å²) in [6.07, 6.45) is -1.07. The molecule has 0 fully saturated rings. The molecule has 3 rings (SSSR count). The fraction of sp³-hybridized carbons (Fsp3) is 0.476. The molecule has 0 spiro atoms. The lowest BCUT2D eigenvalue weighted by Gasteiger charge is -2.29. The molecule has 0 amide bonds. The van der Waals surface area contributed by atoms with Gasteiger partial charge in [0.25, 0.3) is 0 Å². The van der Waals surface area contributed by atoms with Crippen LogP contribution in [0.1, 0.15) is 31.3 Å². The molecule has 1 aliphatic heterocycles. The van der Waals surface area contributed by atoms with Crippen LogP contribution in [0.4, 0.5) is 0 Å². The molecule has 1 N–H and O–H groups in total. The summed E-state index contributed by atoms with van der Waals surface area (Å²) in [5.41, 5.74) is 1.86. The van der Waals surface area contributed by atoms with Gasteiger partial charge in [0.15, 0.2) is 6.04 Å². The molecule has 0 bridgehead atoms. The lowest BCUT2D eigenvalue weighted by molar-refractivity contribution is 0.154. The van der Waals surface area contributed by atoms with Crippen molar-refractivity contribution in [2.24, 2.45) is 15.9 Å². The zero-order valence-electron chi connectivity index (χ0n) is 17.5. The minimum atomic E-state index is -1.07. The Balaban J connectivity index is 2.01. The number of benzene rings is 1. The van der Waals surface area contributed by atoms with Crippen molar-refractivity contribution in [3.63, 3.8) is 0 Å². The smallest absolute Gasteiger partial charge is 0.212 e. The number of hydrogen-bond donors (Lipinski definition) is 1. The van der Waals surface area contributed by atoms with Crippen molar-refractivity contribution in [3.8, 4) is 17.0 Å². The van der Waals surface area contributed by atoms with E-state index >= 15 is 0 Å². The highest BCUT2D eigenvalue weighted by Crippen LogP contribution is 2.35. The Bertz CT molecular complexity index is 902. The first kappa shape index (κ1) is 20.9. The minimum absolute atomic E-state index is 0.170. The monoisotopic (exact) mass is 401 g/mol. The molecule has 1 aromatic heterocycles. The molecule has 2 heterocycles. The minimum Gasteiger partial charge on any atom is -0.497 e. The summed E-state index contributed by atoms with van der Waals surface area (Å²) in [6.45, 7) is 5.81. The van der Waals surface area contributed by atoms with Crippen LogP contribution in [0, 0.1) is 12.8 Å². The van der Waals surface area contributed by atoms with Crippen LogP contribution in [0.5, 0.6) is 5.75 Å². The van der Waals surface area contributed by atoms with Gasteiger partial charge >= 0.3 is 0 Å². The van der Waals surface area contributed by atoms with Gasteiger partial charge in [0.05, 0.1) is 26.9 Å². The molecule has 29 heavy (non-hydrogen) atoms. The summed E-state index contributed by atoms with van der Waals surface area (Å²) >= 11 is 0. The number of aliphatic imine (C=N–C) groups is 2. The molecule has 1 aromatic carbocycles. The topological polar surface area (TPSA) is 98.7 Å². The number of nitrogens with zero attached hydrogens (tertiary/aromatic N) is 3. The predicted molar refractivity (Wildman–Crippen MR) is 109 cm³/mol. The van der Waals surface area contributed by atoms with E-state index in [1.165, 1.54) is 7.11 Å². The van der Waals surface area contributed by atoms with E-state index in [2.05, 4.69) is 15.1 Å². The predicted octanol–water partition coefficient (Wildman–Crippen LogP) is 3.19. The first-order valence-electron chi connectivity index (χ1n) is 9.43. The highest BCUT2D eigenvalue weighted by Gasteiger charge is 2.38. The Morgan fingerprint density at radius 3 is 2.07 bits per heavy atom. The van der Waals surface area contributed by atoms with E-state index in [0.717, 1.165) is 11.3 Å². The van der Waals surface area contributed by atoms with Crippen LogP contribution in [-0.2, 0) is 9.47 Å². The van der Waals surface area contributed by atoms with E-state index in [4.69, 9.17) is 18.7 Å². The van der Waals surface area contributed by atoms with E-state index < -0.39 is 12.1 Å². The number of ether oxygens (including phenoxy) is 3. The molecular formula is C21H27N3O5. The number of aryl methyl sites for hydroxylation is 1. The van der Waals surface area contributed by atoms with Crippen LogP contribution < -0.4 is 4.74 Å². The number of aliphatic hydroxyl groups excluding tert-OH is 1. The van der Waals surface area contributed by atoms with Crippen molar-refractivity contribution >= 4 is 11.8 Å². The van der Waals surface area contributed by atoms with Crippen molar-refractivity contribution in [2.75, 3.05) is 21.3 Å². The Hall–Kier alpha value is -2.87. The fourth-order valence-electron chi connectivity index (χ4n) is 3.37. The van der Waals surface area contributed by atoms with E-state index in [-0.39, 0.29) is 12.0 Å². The average Bonchev–Trinajstić information content (AvgIpc) is 3.13. The molecule has 3 atom stereocenters. The molecule has 8 heteroatoms. The second kappa shape index (κ2) is 8.65. The third-order valence-corrected chi connectivity index (χ3v) is 4.96. The summed E-state index contributed by atoms with van der Waals surface area (Å²) in [5.74, 6) is 2.21. The number of methoxy groups -OCH3 is 3. The van der Waals surface area contributed by atoms with Gasteiger partial charge in [-0.25, -0.2) is 9.98 Å². The van der Waals surface area contributed by atoms with Gasteiger partial charge in [-0.05, 0) is 37.1 Å². The molecule has 156 valence electrons. The molecule has 0 radical (unpaired) electrons. The fourth-order valence-corrected chi connectivity index (χ4v) is 3.37. The van der Waals surface area contributed by atoms with Crippen LogP contribution in [0.3, 0.4) is 0 Å². The maximum atomic E-state index is 11.2. The SMILES string of the molecule is COC1=N[C@H]([C@H](O)c2c(-c3ccc(OC)cc3)noc2C)C(OC)=N[C@H]1C(C)C. The molecular weight excluding hydrogens is 374 g/mol. The van der Waals surface area contributed by atoms with Crippen molar-refractivity contribution in [1.82, 2.24) is 5.16 Å². The van der Waals surface area contributed by atoms with Gasteiger partial charge in [0.1, 0.15) is 29.3 Å². The van der Waals surface area contributed by atoms with Crippen molar-refractivity contribution in [2.45, 2.75) is 39.0 Å². The summed E-state index contributed by atoms with van der Waals surface area (Å²) in [6, 6.07) is 6.34. The Labute approximate surface area is 170 Å². The van der Waals surface area contributed by atoms with Crippen molar-refractivity contribution < 1.29 is 23.8 Å². The molecule has 0 aliphatic carbocycles. The van der Waals surface area contributed by atoms with Gasteiger partial charge in [0.2, 0.25) is 11.8 Å². The number of hydrogen-bond acceptors (Lipinski definition) is 8. The first-order chi connectivity index (χ1) is 13.9. The molecule has 8 nitrogen and oxygen atoms in total. The van der Waals surface area contributed by atoms with E-state index in [1.54, 1.807) is 21.1 Å². The number of rotatable bonds is 5. The van der Waals surface area contributed by atoms with Gasteiger partial charge < -0.3 is 23.8 Å². The maximum Gasteiger partial charge on any atom is 0.212 e. The van der Waals surface area contributed by atoms with Crippen LogP contribution in [-0.4, -0.2) is 55.5 Å². The van der Waals surface area contributed by atoms with Crippen LogP contribution in [0.25, 0.3) is 11.3 Å². The van der Waals surface area contributed by atoms with E-state index in [0.29, 0.717) is 28.8 Å². The highest BCUT2D eigenvalue weighted by molar-refractivity contribution is 5.94. The van der Waals surface area contributed by atoms with Crippen molar-refractivity contribution in [1.29, 1.82) is 0 Å². The summed E-state index contributed by atoms with van der Waals surface area (Å²) in [7, 11) is 4.68.